The van der Waals surface area contributed by atoms with E-state index in [2.05, 4.69) is 0 Å². The van der Waals surface area contributed by atoms with E-state index >= 15 is 0 Å². The van der Waals surface area contributed by atoms with Crippen LogP contribution in [0.15, 0.2) is 54.6 Å². The normalized spacial score (nSPS) is 14.9. The van der Waals surface area contributed by atoms with Crippen molar-refractivity contribution in [1.82, 2.24) is 0 Å². The minimum absolute atomic E-state index is 0.0318. The van der Waals surface area contributed by atoms with Gasteiger partial charge in [0.15, 0.2) is 0 Å². The molecule has 0 aromatic heterocycles. The van der Waals surface area contributed by atoms with E-state index in [1.807, 2.05) is 30.3 Å². The first kappa shape index (κ1) is 17.3. The van der Waals surface area contributed by atoms with Gasteiger partial charge in [0, 0.05) is 24.2 Å². The summed E-state index contributed by atoms with van der Waals surface area (Å²) in [6.45, 7) is 1.70. The summed E-state index contributed by atoms with van der Waals surface area (Å²) in [5.74, 6) is -0.438. The third kappa shape index (κ3) is 4.73. The van der Waals surface area contributed by atoms with E-state index in [4.69, 9.17) is 4.52 Å². The second-order valence-electron chi connectivity index (χ2n) is 5.02. The molecule has 0 aliphatic carbocycles. The Morgan fingerprint density at radius 3 is 2.17 bits per heavy atom. The number of nitrogens with zero attached hydrogens (tertiary/aromatic N) is 1. The Bertz CT molecular complexity index is 702. The second-order valence-corrected chi connectivity index (χ2v) is 6.87. The molecule has 0 fully saturated rings. The Labute approximate surface area is 134 Å². The van der Waals surface area contributed by atoms with E-state index in [0.717, 1.165) is 5.56 Å². The Hall–Kier alpha value is -2.01. The van der Waals surface area contributed by atoms with E-state index in [0.29, 0.717) is 5.56 Å². The van der Waals surface area contributed by atoms with Crippen LogP contribution < -0.4 is 4.89 Å². The quantitative estimate of drug-likeness (QED) is 0.440. The molecule has 0 N–H and O–H groups in total. The van der Waals surface area contributed by atoms with Gasteiger partial charge in [-0.25, -0.2) is 0 Å². The van der Waals surface area contributed by atoms with Crippen molar-refractivity contribution in [3.63, 3.8) is 0 Å². The van der Waals surface area contributed by atoms with Gasteiger partial charge in [0.1, 0.15) is 7.60 Å². The van der Waals surface area contributed by atoms with Crippen LogP contribution in [0.2, 0.25) is 0 Å². The van der Waals surface area contributed by atoms with Crippen LogP contribution in [-0.2, 0) is 9.09 Å². The fraction of sp³-hybridized carbons (Fsp3) is 0.250. The van der Waals surface area contributed by atoms with Gasteiger partial charge in [0.2, 0.25) is 0 Å². The first-order valence-electron chi connectivity index (χ1n) is 7.17. The number of benzene rings is 2. The van der Waals surface area contributed by atoms with Gasteiger partial charge < -0.3 is 14.0 Å². The van der Waals surface area contributed by atoms with E-state index in [1.54, 1.807) is 19.1 Å². The molecule has 0 radical (unpaired) electrons. The van der Waals surface area contributed by atoms with E-state index in [1.165, 1.54) is 12.1 Å². The minimum atomic E-state index is -3.99. The number of hydrogen-bond donors (Lipinski definition) is 0. The van der Waals surface area contributed by atoms with Gasteiger partial charge in [0.25, 0.3) is 5.69 Å². The lowest BCUT2D eigenvalue weighted by molar-refractivity contribution is -0.384. The first-order valence-corrected chi connectivity index (χ1v) is 8.89. The van der Waals surface area contributed by atoms with Crippen LogP contribution in [0.4, 0.5) is 5.69 Å². The zero-order chi connectivity index (χ0) is 16.9. The molecule has 122 valence electrons. The zero-order valence-corrected chi connectivity index (χ0v) is 13.5. The Balaban J connectivity index is 2.37. The third-order valence-electron chi connectivity index (χ3n) is 3.44. The molecular weight excluding hydrogens is 317 g/mol. The molecule has 0 bridgehead atoms. The standard InChI is InChI=1S/C16H18NO5P/c1-2-22-23(20,21)12-16(13-6-4-3-5-7-13)14-8-10-15(11-9-14)17(18)19/h3-11,16H,2,12H2,1H3,(H,20,21)/p-1. The van der Waals surface area contributed by atoms with Crippen molar-refractivity contribution in [3.8, 4) is 0 Å². The van der Waals surface area contributed by atoms with Crippen molar-refractivity contribution in [2.75, 3.05) is 12.8 Å². The molecule has 0 aliphatic rings. The maximum atomic E-state index is 12.1. The molecule has 2 atom stereocenters. The molecule has 2 aromatic carbocycles. The molecule has 0 amide bonds. The van der Waals surface area contributed by atoms with Gasteiger partial charge in [-0.05, 0) is 18.1 Å². The maximum Gasteiger partial charge on any atom is 0.269 e. The summed E-state index contributed by atoms with van der Waals surface area (Å²) < 4.78 is 16.9. The molecule has 2 unspecified atom stereocenters. The van der Waals surface area contributed by atoms with Crippen LogP contribution in [0.5, 0.6) is 0 Å². The highest BCUT2D eigenvalue weighted by atomic mass is 31.2. The SMILES string of the molecule is CCOP(=O)([O-])CC(c1ccccc1)c1ccc([N+](=O)[O-])cc1. The van der Waals surface area contributed by atoms with Crippen LogP contribution in [0.3, 0.4) is 0 Å². The molecule has 23 heavy (non-hydrogen) atoms. The van der Waals surface area contributed by atoms with Crippen molar-refractivity contribution >= 4 is 13.3 Å². The second kappa shape index (κ2) is 7.51. The van der Waals surface area contributed by atoms with Gasteiger partial charge in [-0.2, -0.15) is 0 Å². The highest BCUT2D eigenvalue weighted by Crippen LogP contribution is 2.44. The van der Waals surface area contributed by atoms with Gasteiger partial charge >= 0.3 is 0 Å². The molecule has 7 heteroatoms. The lowest BCUT2D eigenvalue weighted by atomic mass is 9.93. The fourth-order valence-electron chi connectivity index (χ4n) is 2.39. The summed E-state index contributed by atoms with van der Waals surface area (Å²) in [6, 6.07) is 15.1. The van der Waals surface area contributed by atoms with Crippen molar-refractivity contribution in [2.45, 2.75) is 12.8 Å². The summed E-state index contributed by atoms with van der Waals surface area (Å²) in [5, 5.41) is 10.8. The smallest absolute Gasteiger partial charge is 0.269 e. The molecule has 2 aromatic rings. The molecule has 0 spiro atoms. The van der Waals surface area contributed by atoms with E-state index in [9.17, 15) is 19.6 Å². The lowest BCUT2D eigenvalue weighted by Crippen LogP contribution is -2.15. The summed E-state index contributed by atoms with van der Waals surface area (Å²) in [4.78, 5) is 22.3. The maximum absolute atomic E-state index is 12.1. The zero-order valence-electron chi connectivity index (χ0n) is 12.6. The van der Waals surface area contributed by atoms with Crippen molar-refractivity contribution in [3.05, 3.63) is 75.8 Å². The van der Waals surface area contributed by atoms with Crippen LogP contribution in [0.1, 0.15) is 24.0 Å². The molecule has 2 rings (SSSR count). The average molecular weight is 334 g/mol. The number of rotatable bonds is 7. The Kier molecular flexibility index (Phi) is 5.66. The third-order valence-corrected chi connectivity index (χ3v) is 4.90. The van der Waals surface area contributed by atoms with Crippen LogP contribution >= 0.6 is 7.60 Å². The van der Waals surface area contributed by atoms with Gasteiger partial charge in [-0.1, -0.05) is 42.5 Å². The van der Waals surface area contributed by atoms with E-state index < -0.39 is 18.4 Å². The topological polar surface area (TPSA) is 92.5 Å². The molecule has 6 nitrogen and oxygen atoms in total. The lowest BCUT2D eigenvalue weighted by Gasteiger charge is -2.28. The van der Waals surface area contributed by atoms with E-state index in [-0.39, 0.29) is 18.5 Å². The first-order chi connectivity index (χ1) is 10.9. The predicted molar refractivity (Wildman–Crippen MR) is 85.5 cm³/mol. The van der Waals surface area contributed by atoms with Gasteiger partial charge in [-0.15, -0.1) is 0 Å². The molecular formula is C16H17NO5P-. The summed E-state index contributed by atoms with van der Waals surface area (Å²) in [7, 11) is -3.99. The monoisotopic (exact) mass is 334 g/mol. The van der Waals surface area contributed by atoms with Gasteiger partial charge in [0.05, 0.1) is 11.5 Å². The predicted octanol–water partition coefficient (Wildman–Crippen LogP) is 3.32. The largest absolute Gasteiger partial charge is 0.778 e. The summed E-state index contributed by atoms with van der Waals surface area (Å²) >= 11 is 0. The van der Waals surface area contributed by atoms with Crippen LogP contribution in [-0.4, -0.2) is 17.7 Å². The van der Waals surface area contributed by atoms with Crippen molar-refractivity contribution in [2.24, 2.45) is 0 Å². The Morgan fingerprint density at radius 2 is 1.65 bits per heavy atom. The van der Waals surface area contributed by atoms with Crippen molar-refractivity contribution < 1.29 is 18.9 Å². The molecule has 0 heterocycles. The number of nitro benzene ring substituents is 1. The summed E-state index contributed by atoms with van der Waals surface area (Å²) in [5.41, 5.74) is 1.48. The molecule has 0 aliphatic heterocycles. The highest BCUT2D eigenvalue weighted by Gasteiger charge is 2.21. The number of non-ortho nitro benzene ring substituents is 1. The molecule has 0 saturated heterocycles. The summed E-state index contributed by atoms with van der Waals surface area (Å²) in [6.07, 6.45) is -0.192. The fourth-order valence-corrected chi connectivity index (χ4v) is 3.76. The minimum Gasteiger partial charge on any atom is -0.778 e. The number of hydrogen-bond acceptors (Lipinski definition) is 5. The van der Waals surface area contributed by atoms with Gasteiger partial charge in [-0.3, -0.25) is 10.1 Å². The highest BCUT2D eigenvalue weighted by molar-refractivity contribution is 7.51. The van der Waals surface area contributed by atoms with Crippen molar-refractivity contribution in [1.29, 1.82) is 0 Å². The van der Waals surface area contributed by atoms with Crippen LogP contribution in [0, 0.1) is 10.1 Å². The Morgan fingerprint density at radius 1 is 1.09 bits per heavy atom. The van der Waals surface area contributed by atoms with Crippen LogP contribution in [0.25, 0.3) is 0 Å². The molecule has 0 saturated carbocycles. The average Bonchev–Trinajstić information content (AvgIpc) is 2.53. The number of nitro groups is 1.